The molecular formula is C23H22N6O2. The van der Waals surface area contributed by atoms with Crippen LogP contribution in [0, 0.1) is 0 Å². The van der Waals surface area contributed by atoms with Crippen LogP contribution in [0.5, 0.6) is 0 Å². The molecule has 0 saturated heterocycles. The number of fused-ring (bicyclic) bond motifs is 2. The third kappa shape index (κ3) is 3.68. The minimum atomic E-state index is -0.567. The Morgan fingerprint density at radius 3 is 2.81 bits per heavy atom. The summed E-state index contributed by atoms with van der Waals surface area (Å²) in [5.74, 6) is 1.45. The van der Waals surface area contributed by atoms with Crippen LogP contribution in [0.4, 0.5) is 11.6 Å². The van der Waals surface area contributed by atoms with Crippen LogP contribution in [-0.2, 0) is 13.0 Å². The van der Waals surface area contributed by atoms with Crippen LogP contribution in [0.25, 0.3) is 22.5 Å². The second kappa shape index (κ2) is 8.06. The number of nitrogens with one attached hydrogen (secondary N) is 2. The summed E-state index contributed by atoms with van der Waals surface area (Å²) < 4.78 is 5.46. The first kappa shape index (κ1) is 19.0. The molecule has 5 rings (SSSR count). The van der Waals surface area contributed by atoms with Crippen molar-refractivity contribution in [3.05, 3.63) is 65.2 Å². The van der Waals surface area contributed by atoms with Crippen molar-refractivity contribution in [1.82, 2.24) is 15.1 Å². The molecule has 2 aromatic carbocycles. The highest BCUT2D eigenvalue weighted by molar-refractivity contribution is 6.06. The quantitative estimate of drug-likeness (QED) is 0.455. The molecule has 156 valence electrons. The predicted molar refractivity (Wildman–Crippen MR) is 119 cm³/mol. The van der Waals surface area contributed by atoms with Crippen molar-refractivity contribution in [2.45, 2.75) is 25.8 Å². The van der Waals surface area contributed by atoms with Gasteiger partial charge < -0.3 is 20.9 Å². The van der Waals surface area contributed by atoms with E-state index in [4.69, 9.17) is 20.2 Å². The minimum Gasteiger partial charge on any atom is -0.370 e. The summed E-state index contributed by atoms with van der Waals surface area (Å²) in [5, 5.41) is 11.7. The van der Waals surface area contributed by atoms with Crippen molar-refractivity contribution in [1.29, 1.82) is 0 Å². The van der Waals surface area contributed by atoms with Crippen LogP contribution in [0.1, 0.15) is 34.3 Å². The number of benzene rings is 2. The maximum atomic E-state index is 11.7. The van der Waals surface area contributed by atoms with E-state index in [1.54, 1.807) is 12.1 Å². The molecule has 4 N–H and O–H groups in total. The van der Waals surface area contributed by atoms with Crippen molar-refractivity contribution in [3.8, 4) is 11.5 Å². The van der Waals surface area contributed by atoms with Gasteiger partial charge in [-0.1, -0.05) is 41.6 Å². The van der Waals surface area contributed by atoms with Gasteiger partial charge >= 0.3 is 0 Å². The lowest BCUT2D eigenvalue weighted by Gasteiger charge is -2.15. The summed E-state index contributed by atoms with van der Waals surface area (Å²) in [6, 6.07) is 15.4. The van der Waals surface area contributed by atoms with Gasteiger partial charge in [0.15, 0.2) is 17.1 Å². The van der Waals surface area contributed by atoms with Crippen LogP contribution < -0.4 is 16.4 Å². The van der Waals surface area contributed by atoms with Gasteiger partial charge in [-0.3, -0.25) is 4.79 Å². The molecule has 8 nitrogen and oxygen atoms in total. The van der Waals surface area contributed by atoms with Crippen LogP contribution in [0.2, 0.25) is 0 Å². The molecule has 1 amide bonds. The van der Waals surface area contributed by atoms with Crippen molar-refractivity contribution in [3.63, 3.8) is 0 Å². The molecule has 3 heterocycles. The summed E-state index contributed by atoms with van der Waals surface area (Å²) in [5.41, 5.74) is 8.82. The van der Waals surface area contributed by atoms with Gasteiger partial charge in [0.05, 0.1) is 10.9 Å². The fourth-order valence-corrected chi connectivity index (χ4v) is 3.85. The number of carbonyl (C=O) groups excluding carboxylic acids is 1. The first-order valence-electron chi connectivity index (χ1n) is 10.3. The summed E-state index contributed by atoms with van der Waals surface area (Å²) in [6.07, 6.45) is 3.03. The molecule has 2 aromatic heterocycles. The molecule has 0 bridgehead atoms. The Morgan fingerprint density at radius 1 is 1.10 bits per heavy atom. The SMILES string of the molecule is NC(=O)c1cccc2c(-c3nc4c(c(NCc5ccccc5)n3)CCCCN4)noc12. The standard InChI is InChI=1S/C23H22N6O2/c24-20(30)16-11-6-10-15-18(29-31-19(15)16)23-27-21-17(9-4-5-12-25-21)22(28-23)26-13-14-7-2-1-3-8-14/h1-3,6-8,10-11H,4-5,9,12-13H2,(H2,24,30)(H2,25,26,27,28). The zero-order valence-corrected chi connectivity index (χ0v) is 16.9. The highest BCUT2D eigenvalue weighted by Crippen LogP contribution is 2.33. The van der Waals surface area contributed by atoms with E-state index in [0.717, 1.165) is 48.6 Å². The number of carbonyl (C=O) groups is 1. The third-order valence-corrected chi connectivity index (χ3v) is 5.43. The number of hydrogen-bond acceptors (Lipinski definition) is 7. The second-order valence-electron chi connectivity index (χ2n) is 7.52. The number of rotatable bonds is 5. The number of nitrogens with two attached hydrogens (primary N) is 1. The molecule has 0 aliphatic carbocycles. The van der Waals surface area contributed by atoms with E-state index in [1.165, 1.54) is 0 Å². The average molecular weight is 414 g/mol. The van der Waals surface area contributed by atoms with Gasteiger partial charge in [0.1, 0.15) is 11.6 Å². The number of para-hydroxylation sites is 1. The highest BCUT2D eigenvalue weighted by Gasteiger charge is 2.22. The molecular weight excluding hydrogens is 392 g/mol. The van der Waals surface area contributed by atoms with Crippen LogP contribution in [-0.4, -0.2) is 27.6 Å². The van der Waals surface area contributed by atoms with E-state index in [1.807, 2.05) is 24.3 Å². The second-order valence-corrected chi connectivity index (χ2v) is 7.52. The molecule has 0 fully saturated rings. The first-order valence-corrected chi connectivity index (χ1v) is 10.3. The Balaban J connectivity index is 1.59. The Morgan fingerprint density at radius 2 is 1.97 bits per heavy atom. The van der Waals surface area contributed by atoms with Crippen LogP contribution in [0.3, 0.4) is 0 Å². The topological polar surface area (TPSA) is 119 Å². The summed E-state index contributed by atoms with van der Waals surface area (Å²) in [4.78, 5) is 21.3. The molecule has 1 aliphatic heterocycles. The lowest BCUT2D eigenvalue weighted by molar-refractivity contribution is 0.100. The van der Waals surface area contributed by atoms with Crippen LogP contribution >= 0.6 is 0 Å². The fourth-order valence-electron chi connectivity index (χ4n) is 3.85. The van der Waals surface area contributed by atoms with E-state index in [-0.39, 0.29) is 5.56 Å². The third-order valence-electron chi connectivity index (χ3n) is 5.43. The minimum absolute atomic E-state index is 0.284. The predicted octanol–water partition coefficient (Wildman–Crippen LogP) is 3.74. The number of amides is 1. The molecule has 0 radical (unpaired) electrons. The number of hydrogen-bond donors (Lipinski definition) is 3. The van der Waals surface area contributed by atoms with E-state index < -0.39 is 5.91 Å². The van der Waals surface area contributed by atoms with Gasteiger partial charge in [-0.2, -0.15) is 0 Å². The molecule has 31 heavy (non-hydrogen) atoms. The molecule has 4 aromatic rings. The lowest BCUT2D eigenvalue weighted by atomic mass is 10.1. The zero-order chi connectivity index (χ0) is 21.2. The highest BCUT2D eigenvalue weighted by atomic mass is 16.5. The average Bonchev–Trinajstić information content (AvgIpc) is 3.08. The molecule has 8 heteroatoms. The van der Waals surface area contributed by atoms with Crippen molar-refractivity contribution in [2.75, 3.05) is 17.2 Å². The smallest absolute Gasteiger partial charge is 0.252 e. The van der Waals surface area contributed by atoms with E-state index in [0.29, 0.717) is 29.0 Å². The zero-order valence-electron chi connectivity index (χ0n) is 16.9. The van der Waals surface area contributed by atoms with Crippen LogP contribution in [0.15, 0.2) is 53.1 Å². The molecule has 0 atom stereocenters. The number of nitrogens with zero attached hydrogens (tertiary/aromatic N) is 3. The van der Waals surface area contributed by atoms with E-state index in [2.05, 4.69) is 27.9 Å². The monoisotopic (exact) mass is 414 g/mol. The molecule has 0 unspecified atom stereocenters. The number of primary amides is 1. The maximum Gasteiger partial charge on any atom is 0.252 e. The Labute approximate surface area is 178 Å². The Bertz CT molecular complexity index is 1250. The summed E-state index contributed by atoms with van der Waals surface area (Å²) >= 11 is 0. The summed E-state index contributed by atoms with van der Waals surface area (Å²) in [7, 11) is 0. The molecule has 0 spiro atoms. The largest absolute Gasteiger partial charge is 0.370 e. The maximum absolute atomic E-state index is 11.7. The van der Waals surface area contributed by atoms with Gasteiger partial charge in [0, 0.05) is 18.7 Å². The number of aromatic nitrogens is 3. The van der Waals surface area contributed by atoms with Crippen molar-refractivity contribution >= 4 is 28.5 Å². The van der Waals surface area contributed by atoms with Crippen molar-refractivity contribution < 1.29 is 9.32 Å². The Hall–Kier alpha value is -3.94. The van der Waals surface area contributed by atoms with E-state index in [9.17, 15) is 4.79 Å². The molecule has 1 aliphatic rings. The van der Waals surface area contributed by atoms with Crippen molar-refractivity contribution in [2.24, 2.45) is 5.73 Å². The van der Waals surface area contributed by atoms with Gasteiger partial charge in [-0.05, 0) is 37.0 Å². The van der Waals surface area contributed by atoms with Gasteiger partial charge in [-0.15, -0.1) is 0 Å². The molecule has 0 saturated carbocycles. The van der Waals surface area contributed by atoms with Gasteiger partial charge in [-0.25, -0.2) is 9.97 Å². The van der Waals surface area contributed by atoms with E-state index >= 15 is 0 Å². The Kier molecular flexibility index (Phi) is 4.95. The lowest BCUT2D eigenvalue weighted by Crippen LogP contribution is -2.11. The first-order chi connectivity index (χ1) is 15.2. The summed E-state index contributed by atoms with van der Waals surface area (Å²) in [6.45, 7) is 1.50. The van der Waals surface area contributed by atoms with Gasteiger partial charge in [0.2, 0.25) is 0 Å². The van der Waals surface area contributed by atoms with Gasteiger partial charge in [0.25, 0.3) is 5.91 Å². The fraction of sp³-hybridized carbons (Fsp3) is 0.217. The normalized spacial score (nSPS) is 13.3. The number of anilines is 2.